The number of carbonyl (C=O) groups excluding carboxylic acids is 3. The summed E-state index contributed by atoms with van der Waals surface area (Å²) >= 11 is 0. The summed E-state index contributed by atoms with van der Waals surface area (Å²) in [5, 5.41) is 33.1. The fraction of sp³-hybridized carbons (Fsp3) is 0.615. The molecule has 3 amide bonds. The van der Waals surface area contributed by atoms with Crippen LogP contribution in [-0.4, -0.2) is 91.8 Å². The van der Waals surface area contributed by atoms with Crippen molar-refractivity contribution in [3.63, 3.8) is 0 Å². The maximum absolute atomic E-state index is 13.8. The molecule has 1 aromatic heterocycles. The number of nitrogens with zero attached hydrogens (tertiary/aromatic N) is 2. The number of amides is 3. The van der Waals surface area contributed by atoms with Gasteiger partial charge >= 0.3 is 12.1 Å². The van der Waals surface area contributed by atoms with Crippen molar-refractivity contribution in [3.8, 4) is 5.75 Å². The molecule has 0 spiro atoms. The lowest BCUT2D eigenvalue weighted by Crippen LogP contribution is -2.59. The Morgan fingerprint density at radius 3 is 2.38 bits per heavy atom. The Bertz CT molecular complexity index is 1830. The Labute approximate surface area is 323 Å². The van der Waals surface area contributed by atoms with Gasteiger partial charge in [0.1, 0.15) is 22.8 Å². The minimum Gasteiger partial charge on any atom is -0.503 e. The van der Waals surface area contributed by atoms with Crippen molar-refractivity contribution < 1.29 is 52.8 Å². The summed E-state index contributed by atoms with van der Waals surface area (Å²) in [6, 6.07) is 2.93. The van der Waals surface area contributed by atoms with Gasteiger partial charge < -0.3 is 50.6 Å². The average molecular weight is 790 g/mol. The highest BCUT2D eigenvalue weighted by molar-refractivity contribution is 5.99. The maximum atomic E-state index is 13.8. The van der Waals surface area contributed by atoms with Crippen molar-refractivity contribution in [3.05, 3.63) is 63.1 Å². The smallest absolute Gasteiger partial charge is 0.407 e. The topological polar surface area (TPSA) is 223 Å². The van der Waals surface area contributed by atoms with E-state index in [-0.39, 0.29) is 60.6 Å². The van der Waals surface area contributed by atoms with E-state index in [0.29, 0.717) is 31.4 Å². The minimum absolute atomic E-state index is 0.0121. The van der Waals surface area contributed by atoms with Crippen molar-refractivity contribution in [2.75, 3.05) is 13.2 Å². The molecule has 3 saturated carbocycles. The third kappa shape index (κ3) is 10.0. The number of ether oxygens (including phenoxy) is 2. The molecule has 7 atom stereocenters. The number of carboxylic acids is 1. The van der Waals surface area contributed by atoms with E-state index in [1.807, 2.05) is 0 Å². The van der Waals surface area contributed by atoms with Crippen LogP contribution in [0.15, 0.2) is 29.2 Å². The van der Waals surface area contributed by atoms with Gasteiger partial charge in [-0.2, -0.15) is 0 Å². The number of fused-ring (bicyclic) bond motifs is 4. The van der Waals surface area contributed by atoms with Gasteiger partial charge in [0, 0.05) is 55.0 Å². The molecule has 7 rings (SSSR count). The van der Waals surface area contributed by atoms with Crippen molar-refractivity contribution in [2.45, 2.75) is 122 Å². The lowest BCUT2D eigenvalue weighted by atomic mass is 9.98. The van der Waals surface area contributed by atoms with Gasteiger partial charge in [-0.15, -0.1) is 0 Å². The summed E-state index contributed by atoms with van der Waals surface area (Å²) in [4.78, 5) is 62.4. The van der Waals surface area contributed by atoms with Gasteiger partial charge in [-0.1, -0.05) is 25.3 Å². The number of carboxylic acid groups (broad SMARTS) is 1. The van der Waals surface area contributed by atoms with Crippen LogP contribution in [0.2, 0.25) is 0 Å². The third-order valence-corrected chi connectivity index (χ3v) is 11.0. The highest BCUT2D eigenvalue weighted by atomic mass is 19.1. The molecule has 1 saturated heterocycles. The van der Waals surface area contributed by atoms with Crippen LogP contribution in [0.1, 0.15) is 105 Å². The summed E-state index contributed by atoms with van der Waals surface area (Å²) in [6.45, 7) is 6.03. The second-order valence-corrected chi connectivity index (χ2v) is 16.1. The van der Waals surface area contributed by atoms with Crippen LogP contribution in [0.3, 0.4) is 0 Å². The van der Waals surface area contributed by atoms with Crippen LogP contribution in [0.25, 0.3) is 0 Å². The first-order valence-corrected chi connectivity index (χ1v) is 19.2. The number of hydrogen-bond acceptors (Lipinski definition) is 10. The Balaban J connectivity index is 0.000000207. The van der Waals surface area contributed by atoms with E-state index >= 15 is 0 Å². The first-order chi connectivity index (χ1) is 26.5. The van der Waals surface area contributed by atoms with Crippen molar-refractivity contribution in [1.82, 2.24) is 20.1 Å². The van der Waals surface area contributed by atoms with E-state index < -0.39 is 64.4 Å². The normalized spacial score (nSPS) is 26.4. The highest BCUT2D eigenvalue weighted by Crippen LogP contribution is 2.39. The molecule has 1 aromatic carbocycles. The third-order valence-electron chi connectivity index (χ3n) is 11.0. The van der Waals surface area contributed by atoms with Crippen LogP contribution in [0, 0.1) is 29.4 Å². The summed E-state index contributed by atoms with van der Waals surface area (Å²) < 4.78 is 39.2. The van der Waals surface area contributed by atoms with Gasteiger partial charge in [0.2, 0.25) is 5.43 Å². The fourth-order valence-corrected chi connectivity index (χ4v) is 8.11. The Hall–Kier alpha value is -4.61. The van der Waals surface area contributed by atoms with Gasteiger partial charge in [-0.05, 0) is 71.3 Å². The quantitative estimate of drug-likeness (QED) is 0.248. The molecule has 56 heavy (non-hydrogen) atoms. The van der Waals surface area contributed by atoms with Gasteiger partial charge in [-0.25, -0.2) is 13.6 Å². The highest BCUT2D eigenvalue weighted by Gasteiger charge is 2.47. The standard InChI is InChI=1S/C22H21F2N3O5.C11H19NO4.C6H13NO/c23-13-5-4-11(15(24)6-13)7-25-21(30)14-8-26-9-17-27(16-3-1-2-12(16)10-32-17)22(31)18(26)20(29)19(14)28;1-11(2,3)16-10(15)12-8-6-4-5-7(8)9(13)14;7-6-3-1-2-5(6)4-8/h4-6,8,12,16-17,29H,1-3,7,9-10H2,(H,25,30);7-8H,4-6H2,1-3H3,(H,12,15)(H,13,14);5-6,8H,1-4,7H2/t12-,16-,17+;7-,8+;5-,6-/m010/s1. The van der Waals surface area contributed by atoms with Crippen molar-refractivity contribution >= 4 is 23.9 Å². The van der Waals surface area contributed by atoms with Crippen LogP contribution < -0.4 is 21.8 Å². The second-order valence-electron chi connectivity index (χ2n) is 16.1. The Kier molecular flexibility index (Phi) is 13.8. The zero-order chi connectivity index (χ0) is 40.9. The molecule has 3 aliphatic carbocycles. The van der Waals surface area contributed by atoms with E-state index in [0.717, 1.165) is 44.6 Å². The molecular weight excluding hydrogens is 736 g/mol. The predicted octanol–water partition coefficient (Wildman–Crippen LogP) is 3.61. The number of pyridine rings is 1. The number of nitrogens with two attached hydrogens (primary N) is 1. The molecule has 2 aromatic rings. The molecule has 308 valence electrons. The molecule has 3 heterocycles. The molecule has 4 fully saturated rings. The average Bonchev–Trinajstić information content (AvgIpc) is 3.90. The van der Waals surface area contributed by atoms with E-state index in [1.165, 1.54) is 23.3 Å². The van der Waals surface area contributed by atoms with E-state index in [4.69, 9.17) is 25.4 Å². The Morgan fingerprint density at radius 2 is 1.75 bits per heavy atom. The largest absolute Gasteiger partial charge is 0.503 e. The molecule has 0 radical (unpaired) electrons. The summed E-state index contributed by atoms with van der Waals surface area (Å²) in [5.74, 6) is -4.40. The summed E-state index contributed by atoms with van der Waals surface area (Å²) in [5.41, 5.74) is 3.58. The molecule has 15 nitrogen and oxygen atoms in total. The van der Waals surface area contributed by atoms with Crippen molar-refractivity contribution in [1.29, 1.82) is 0 Å². The number of aliphatic carboxylic acids is 1. The molecule has 17 heteroatoms. The number of aromatic hydroxyl groups is 1. The monoisotopic (exact) mass is 789 g/mol. The molecule has 2 aliphatic heterocycles. The van der Waals surface area contributed by atoms with Gasteiger partial charge in [0.05, 0.1) is 19.1 Å². The number of rotatable bonds is 6. The fourth-order valence-electron chi connectivity index (χ4n) is 8.11. The van der Waals surface area contributed by atoms with Crippen LogP contribution in [-0.2, 0) is 27.4 Å². The first kappa shape index (κ1) is 42.5. The maximum Gasteiger partial charge on any atom is 0.407 e. The molecule has 0 bridgehead atoms. The number of carbonyl (C=O) groups is 4. The van der Waals surface area contributed by atoms with E-state index in [2.05, 4.69) is 10.6 Å². The van der Waals surface area contributed by atoms with Crippen molar-refractivity contribution in [2.24, 2.45) is 23.5 Å². The second kappa shape index (κ2) is 18.1. The SMILES string of the molecule is CC(C)(C)OC(=O)N[C@H]1CCC[C@H]1C(=O)O.N[C@H]1CCC[C@H]1CO.O=C(NCc1ccc(F)cc1F)c1cn2c(c(O)c1=O)C(=O)N1[C@@H](C2)OC[C@@H]2CCC[C@@H]21. The summed E-state index contributed by atoms with van der Waals surface area (Å²) in [6.07, 6.45) is 8.52. The summed E-state index contributed by atoms with van der Waals surface area (Å²) in [7, 11) is 0. The predicted molar refractivity (Wildman–Crippen MR) is 197 cm³/mol. The van der Waals surface area contributed by atoms with Gasteiger partial charge in [0.25, 0.3) is 11.8 Å². The number of halogens is 2. The number of benzene rings is 1. The number of aromatic nitrogens is 1. The number of aliphatic hydroxyl groups is 1. The number of alkyl carbamates (subject to hydrolysis) is 1. The Morgan fingerprint density at radius 1 is 1.04 bits per heavy atom. The molecule has 5 aliphatic rings. The number of hydrogen-bond donors (Lipinski definition) is 6. The molecular formula is C39H53F2N5O10. The van der Waals surface area contributed by atoms with E-state index in [1.54, 1.807) is 25.7 Å². The minimum atomic E-state index is -0.985. The lowest BCUT2D eigenvalue weighted by Gasteiger charge is -2.46. The van der Waals surface area contributed by atoms with Crippen LogP contribution in [0.5, 0.6) is 5.75 Å². The van der Waals surface area contributed by atoms with E-state index in [9.17, 15) is 37.9 Å². The number of nitrogens with one attached hydrogen (secondary N) is 2. The van der Waals surface area contributed by atoms with Gasteiger partial charge in [-0.3, -0.25) is 19.2 Å². The van der Waals surface area contributed by atoms with Crippen LogP contribution in [0.4, 0.5) is 13.6 Å². The van der Waals surface area contributed by atoms with Crippen LogP contribution >= 0.6 is 0 Å². The molecule has 7 N–H and O–H groups in total. The van der Waals surface area contributed by atoms with Gasteiger partial charge in [0.15, 0.2) is 17.7 Å². The first-order valence-electron chi connectivity index (χ1n) is 19.2. The zero-order valence-corrected chi connectivity index (χ0v) is 32.0. The number of aliphatic hydroxyl groups excluding tert-OH is 1. The zero-order valence-electron chi connectivity index (χ0n) is 32.0. The molecule has 0 unspecified atom stereocenters. The lowest BCUT2D eigenvalue weighted by molar-refractivity contribution is -0.142.